The summed E-state index contributed by atoms with van der Waals surface area (Å²) >= 11 is 7.21. The smallest absolute Gasteiger partial charge is 0.263 e. The van der Waals surface area contributed by atoms with Gasteiger partial charge in [0, 0.05) is 17.1 Å². The molecular weight excluding hydrogens is 416 g/mol. The molecule has 0 atom stereocenters. The zero-order valence-corrected chi connectivity index (χ0v) is 17.6. The Kier molecular flexibility index (Phi) is 6.49. The van der Waals surface area contributed by atoms with Crippen LogP contribution in [0, 0.1) is 6.92 Å². The summed E-state index contributed by atoms with van der Waals surface area (Å²) < 4.78 is 24.5. The second-order valence-electron chi connectivity index (χ2n) is 6.18. The van der Waals surface area contributed by atoms with Crippen LogP contribution in [-0.2, 0) is 9.84 Å². The number of hydrogen-bond donors (Lipinski definition) is 1. The third-order valence-electron chi connectivity index (χ3n) is 4.07. The molecule has 28 heavy (non-hydrogen) atoms. The van der Waals surface area contributed by atoms with E-state index >= 15 is 0 Å². The first-order chi connectivity index (χ1) is 13.4. The van der Waals surface area contributed by atoms with Gasteiger partial charge in [-0.25, -0.2) is 13.4 Å². The number of nitrogens with zero attached hydrogens (tertiary/aromatic N) is 1. The summed E-state index contributed by atoms with van der Waals surface area (Å²) in [7, 11) is -3.34. The molecule has 0 saturated heterocycles. The van der Waals surface area contributed by atoms with Crippen molar-refractivity contribution in [3.8, 4) is 10.6 Å². The molecule has 1 N–H and O–H groups in total. The van der Waals surface area contributed by atoms with Gasteiger partial charge in [-0.3, -0.25) is 4.79 Å². The Hall–Kier alpha value is -2.22. The fraction of sp³-hybridized carbons (Fsp3) is 0.200. The van der Waals surface area contributed by atoms with Gasteiger partial charge in [0.25, 0.3) is 5.91 Å². The fourth-order valence-corrected chi connectivity index (χ4v) is 5.06. The minimum absolute atomic E-state index is 0.0189. The van der Waals surface area contributed by atoms with Gasteiger partial charge < -0.3 is 5.32 Å². The Bertz CT molecular complexity index is 1060. The summed E-state index contributed by atoms with van der Waals surface area (Å²) in [6, 6.07) is 15.6. The van der Waals surface area contributed by atoms with Crippen LogP contribution in [-0.4, -0.2) is 31.6 Å². The van der Waals surface area contributed by atoms with E-state index in [9.17, 15) is 13.2 Å². The monoisotopic (exact) mass is 434 g/mol. The van der Waals surface area contributed by atoms with E-state index in [0.29, 0.717) is 26.9 Å². The van der Waals surface area contributed by atoms with E-state index in [1.165, 1.54) is 11.3 Å². The van der Waals surface area contributed by atoms with E-state index in [4.69, 9.17) is 11.6 Å². The molecule has 146 valence electrons. The molecule has 3 rings (SSSR count). The standard InChI is InChI=1S/C20H19ClN2O3S2/c1-14-18(27-20(23-14)15-8-10-16(21)11-9-15)19(24)22-12-5-13-28(25,26)17-6-3-2-4-7-17/h2-4,6-11H,5,12-13H2,1H3,(H,22,24). The molecule has 1 amide bonds. The lowest BCUT2D eigenvalue weighted by Crippen LogP contribution is -2.25. The molecule has 8 heteroatoms. The molecule has 0 aliphatic rings. The number of sulfone groups is 1. The lowest BCUT2D eigenvalue weighted by Gasteiger charge is -2.06. The highest BCUT2D eigenvalue weighted by molar-refractivity contribution is 7.91. The Morgan fingerprint density at radius 1 is 1.11 bits per heavy atom. The lowest BCUT2D eigenvalue weighted by molar-refractivity contribution is 0.0957. The van der Waals surface area contributed by atoms with E-state index in [1.54, 1.807) is 49.4 Å². The van der Waals surface area contributed by atoms with Crippen LogP contribution < -0.4 is 5.32 Å². The average molecular weight is 435 g/mol. The predicted octanol–water partition coefficient (Wildman–Crippen LogP) is 4.37. The maximum Gasteiger partial charge on any atom is 0.263 e. The number of hydrogen-bond acceptors (Lipinski definition) is 5. The average Bonchev–Trinajstić information content (AvgIpc) is 3.08. The van der Waals surface area contributed by atoms with Crippen molar-refractivity contribution in [2.45, 2.75) is 18.2 Å². The maximum absolute atomic E-state index is 12.4. The Morgan fingerprint density at radius 2 is 1.79 bits per heavy atom. The summed E-state index contributed by atoms with van der Waals surface area (Å²) in [5.74, 6) is -0.262. The molecule has 0 aliphatic heterocycles. The number of halogens is 1. The van der Waals surface area contributed by atoms with Gasteiger partial charge in [-0.2, -0.15) is 0 Å². The minimum Gasteiger partial charge on any atom is -0.351 e. The number of amides is 1. The van der Waals surface area contributed by atoms with E-state index in [0.717, 1.165) is 10.6 Å². The van der Waals surface area contributed by atoms with Gasteiger partial charge in [-0.05, 0) is 37.6 Å². The molecular formula is C20H19ClN2O3S2. The van der Waals surface area contributed by atoms with E-state index in [2.05, 4.69) is 10.3 Å². The number of thiazole rings is 1. The molecule has 5 nitrogen and oxygen atoms in total. The number of aryl methyl sites for hydroxylation is 1. The van der Waals surface area contributed by atoms with Crippen molar-refractivity contribution in [2.24, 2.45) is 0 Å². The third-order valence-corrected chi connectivity index (χ3v) is 7.35. The van der Waals surface area contributed by atoms with Gasteiger partial charge in [0.05, 0.1) is 16.3 Å². The molecule has 0 spiro atoms. The predicted molar refractivity (Wildman–Crippen MR) is 113 cm³/mol. The van der Waals surface area contributed by atoms with Crippen molar-refractivity contribution in [3.05, 3.63) is 70.2 Å². The van der Waals surface area contributed by atoms with E-state index in [1.807, 2.05) is 12.1 Å². The van der Waals surface area contributed by atoms with Crippen molar-refractivity contribution in [1.82, 2.24) is 10.3 Å². The van der Waals surface area contributed by atoms with Crippen LogP contribution in [0.2, 0.25) is 5.02 Å². The Balaban J connectivity index is 1.57. The highest BCUT2D eigenvalue weighted by atomic mass is 35.5. The zero-order chi connectivity index (χ0) is 20.1. The number of carbonyl (C=O) groups is 1. The van der Waals surface area contributed by atoms with Gasteiger partial charge in [-0.15, -0.1) is 11.3 Å². The third kappa shape index (κ3) is 4.98. The molecule has 0 saturated carbocycles. The van der Waals surface area contributed by atoms with Crippen molar-refractivity contribution in [3.63, 3.8) is 0 Å². The van der Waals surface area contributed by atoms with Crippen molar-refractivity contribution >= 4 is 38.7 Å². The first-order valence-corrected chi connectivity index (χ1v) is 11.5. The number of rotatable bonds is 7. The Morgan fingerprint density at radius 3 is 2.46 bits per heavy atom. The molecule has 0 unspecified atom stereocenters. The summed E-state index contributed by atoms with van der Waals surface area (Å²) in [6.45, 7) is 2.06. The highest BCUT2D eigenvalue weighted by Crippen LogP contribution is 2.28. The molecule has 0 aliphatic carbocycles. The molecule has 0 bridgehead atoms. The van der Waals surface area contributed by atoms with Gasteiger partial charge in [0.15, 0.2) is 9.84 Å². The summed E-state index contributed by atoms with van der Waals surface area (Å²) in [5.41, 5.74) is 1.54. The summed E-state index contributed by atoms with van der Waals surface area (Å²) in [5, 5.41) is 4.16. The van der Waals surface area contributed by atoms with Crippen LogP contribution in [0.4, 0.5) is 0 Å². The molecule has 1 heterocycles. The van der Waals surface area contributed by atoms with Crippen LogP contribution in [0.25, 0.3) is 10.6 Å². The first-order valence-electron chi connectivity index (χ1n) is 8.66. The molecule has 2 aromatic carbocycles. The number of carbonyl (C=O) groups excluding carboxylic acids is 1. The van der Waals surface area contributed by atoms with Crippen molar-refractivity contribution in [1.29, 1.82) is 0 Å². The van der Waals surface area contributed by atoms with Crippen LogP contribution in [0.5, 0.6) is 0 Å². The topological polar surface area (TPSA) is 76.1 Å². The van der Waals surface area contributed by atoms with E-state index in [-0.39, 0.29) is 18.2 Å². The summed E-state index contributed by atoms with van der Waals surface area (Å²) in [6.07, 6.45) is 0.338. The number of nitrogens with one attached hydrogen (secondary N) is 1. The van der Waals surface area contributed by atoms with Gasteiger partial charge in [-0.1, -0.05) is 41.9 Å². The number of benzene rings is 2. The minimum atomic E-state index is -3.34. The fourth-order valence-electron chi connectivity index (χ4n) is 2.61. The first kappa shape index (κ1) is 20.5. The quantitative estimate of drug-likeness (QED) is 0.560. The van der Waals surface area contributed by atoms with Crippen LogP contribution in [0.1, 0.15) is 21.8 Å². The second-order valence-corrected chi connectivity index (χ2v) is 9.73. The maximum atomic E-state index is 12.4. The van der Waals surface area contributed by atoms with Crippen LogP contribution in [0.3, 0.4) is 0 Å². The van der Waals surface area contributed by atoms with Crippen molar-refractivity contribution in [2.75, 3.05) is 12.3 Å². The zero-order valence-electron chi connectivity index (χ0n) is 15.2. The summed E-state index contributed by atoms with van der Waals surface area (Å²) in [4.78, 5) is 17.7. The van der Waals surface area contributed by atoms with Crippen LogP contribution in [0.15, 0.2) is 59.5 Å². The van der Waals surface area contributed by atoms with Crippen LogP contribution >= 0.6 is 22.9 Å². The molecule has 1 aromatic heterocycles. The number of aromatic nitrogens is 1. The molecule has 3 aromatic rings. The lowest BCUT2D eigenvalue weighted by atomic mass is 10.2. The van der Waals surface area contributed by atoms with Gasteiger partial charge >= 0.3 is 0 Å². The molecule has 0 radical (unpaired) electrons. The highest BCUT2D eigenvalue weighted by Gasteiger charge is 2.17. The molecule has 0 fully saturated rings. The normalized spacial score (nSPS) is 11.4. The van der Waals surface area contributed by atoms with Gasteiger partial charge in [0.1, 0.15) is 9.88 Å². The Labute approximate surface area is 173 Å². The van der Waals surface area contributed by atoms with E-state index < -0.39 is 9.84 Å². The second kappa shape index (κ2) is 8.86. The SMILES string of the molecule is Cc1nc(-c2ccc(Cl)cc2)sc1C(=O)NCCCS(=O)(=O)c1ccccc1. The van der Waals surface area contributed by atoms with Gasteiger partial charge in [0.2, 0.25) is 0 Å². The largest absolute Gasteiger partial charge is 0.351 e. The van der Waals surface area contributed by atoms with Crippen molar-refractivity contribution < 1.29 is 13.2 Å².